The number of benzene rings is 1. The molecular formula is C15H22N2O2. The molecule has 0 radical (unpaired) electrons. The summed E-state index contributed by atoms with van der Waals surface area (Å²) in [6.07, 6.45) is 0. The Kier molecular flexibility index (Phi) is 5.55. The van der Waals surface area contributed by atoms with Crippen molar-refractivity contribution in [1.82, 2.24) is 10.6 Å². The minimum absolute atomic E-state index is 0.0367. The quantitative estimate of drug-likeness (QED) is 0.853. The molecule has 1 atom stereocenters. The molecule has 0 saturated carbocycles. The van der Waals surface area contributed by atoms with Crippen LogP contribution < -0.4 is 10.6 Å². The van der Waals surface area contributed by atoms with Crippen molar-refractivity contribution in [3.05, 3.63) is 35.9 Å². The molecule has 2 amide bonds. The zero-order valence-electron chi connectivity index (χ0n) is 11.9. The van der Waals surface area contributed by atoms with Crippen molar-refractivity contribution in [2.75, 3.05) is 0 Å². The molecule has 0 heterocycles. The molecule has 0 unspecified atom stereocenters. The van der Waals surface area contributed by atoms with Crippen LogP contribution in [0.1, 0.15) is 39.3 Å². The Bertz CT molecular complexity index is 427. The lowest BCUT2D eigenvalue weighted by molar-refractivity contribution is -0.131. The standard InChI is InChI=1S/C15H22N2O2/c1-10(2)14(18)17-13(15(19)16-11(3)4)12-8-6-5-7-9-12/h5-11,13H,1-4H3,(H,16,19)(H,17,18)/t13-/m0/s1. The van der Waals surface area contributed by atoms with E-state index in [9.17, 15) is 9.59 Å². The third-order valence-corrected chi connectivity index (χ3v) is 2.64. The Labute approximate surface area is 114 Å². The van der Waals surface area contributed by atoms with Gasteiger partial charge in [0.2, 0.25) is 11.8 Å². The van der Waals surface area contributed by atoms with Crippen LogP contribution in [-0.2, 0) is 9.59 Å². The van der Waals surface area contributed by atoms with E-state index < -0.39 is 6.04 Å². The second kappa shape index (κ2) is 6.92. The van der Waals surface area contributed by atoms with Crippen molar-refractivity contribution in [2.24, 2.45) is 5.92 Å². The third kappa shape index (κ3) is 4.73. The summed E-state index contributed by atoms with van der Waals surface area (Å²) in [5.41, 5.74) is 0.787. The molecule has 4 heteroatoms. The molecule has 0 saturated heterocycles. The first-order valence-electron chi connectivity index (χ1n) is 6.57. The lowest BCUT2D eigenvalue weighted by Crippen LogP contribution is -2.43. The Morgan fingerprint density at radius 2 is 1.47 bits per heavy atom. The van der Waals surface area contributed by atoms with Crippen molar-refractivity contribution in [3.8, 4) is 0 Å². The maximum atomic E-state index is 12.2. The summed E-state index contributed by atoms with van der Waals surface area (Å²) in [4.78, 5) is 24.0. The second-order valence-corrected chi connectivity index (χ2v) is 5.17. The zero-order valence-corrected chi connectivity index (χ0v) is 11.9. The number of carbonyl (C=O) groups is 2. The Hall–Kier alpha value is -1.84. The van der Waals surface area contributed by atoms with Crippen molar-refractivity contribution in [1.29, 1.82) is 0 Å². The van der Waals surface area contributed by atoms with Crippen LogP contribution in [0.15, 0.2) is 30.3 Å². The molecule has 0 bridgehead atoms. The van der Waals surface area contributed by atoms with Gasteiger partial charge in [-0.3, -0.25) is 9.59 Å². The SMILES string of the molecule is CC(C)NC(=O)[C@@H](NC(=O)C(C)C)c1ccccc1. The fourth-order valence-electron chi connectivity index (χ4n) is 1.62. The van der Waals surface area contributed by atoms with Gasteiger partial charge in [-0.25, -0.2) is 0 Å². The molecule has 0 aliphatic rings. The Morgan fingerprint density at radius 1 is 0.895 bits per heavy atom. The van der Waals surface area contributed by atoms with Gasteiger partial charge in [0.25, 0.3) is 0 Å². The molecule has 0 aliphatic carbocycles. The number of carbonyl (C=O) groups excluding carboxylic acids is 2. The van der Waals surface area contributed by atoms with E-state index in [1.807, 2.05) is 44.2 Å². The monoisotopic (exact) mass is 262 g/mol. The van der Waals surface area contributed by atoms with Gasteiger partial charge < -0.3 is 10.6 Å². The Morgan fingerprint density at radius 3 is 1.95 bits per heavy atom. The molecule has 1 aromatic rings. The number of rotatable bonds is 5. The minimum atomic E-state index is -0.640. The summed E-state index contributed by atoms with van der Waals surface area (Å²) >= 11 is 0. The summed E-state index contributed by atoms with van der Waals surface area (Å²) < 4.78 is 0. The molecule has 1 aromatic carbocycles. The van der Waals surface area contributed by atoms with Crippen LogP contribution in [-0.4, -0.2) is 17.9 Å². The molecular weight excluding hydrogens is 240 g/mol. The summed E-state index contributed by atoms with van der Waals surface area (Å²) in [5.74, 6) is -0.471. The minimum Gasteiger partial charge on any atom is -0.352 e. The highest BCUT2D eigenvalue weighted by atomic mass is 16.2. The van der Waals surface area contributed by atoms with Crippen LogP contribution in [0.2, 0.25) is 0 Å². The van der Waals surface area contributed by atoms with Gasteiger partial charge in [-0.05, 0) is 19.4 Å². The van der Waals surface area contributed by atoms with Crippen LogP contribution in [0.5, 0.6) is 0 Å². The van der Waals surface area contributed by atoms with Crippen LogP contribution in [0.3, 0.4) is 0 Å². The van der Waals surface area contributed by atoms with Gasteiger partial charge in [0.05, 0.1) is 0 Å². The number of amides is 2. The fraction of sp³-hybridized carbons (Fsp3) is 0.467. The highest BCUT2D eigenvalue weighted by Crippen LogP contribution is 2.14. The average Bonchev–Trinajstić information content (AvgIpc) is 2.35. The fourth-order valence-corrected chi connectivity index (χ4v) is 1.62. The van der Waals surface area contributed by atoms with Crippen molar-refractivity contribution >= 4 is 11.8 Å². The van der Waals surface area contributed by atoms with Gasteiger partial charge in [-0.15, -0.1) is 0 Å². The lowest BCUT2D eigenvalue weighted by atomic mass is 10.0. The predicted octanol–water partition coefficient (Wildman–Crippen LogP) is 2.02. The smallest absolute Gasteiger partial charge is 0.247 e. The van der Waals surface area contributed by atoms with E-state index in [4.69, 9.17) is 0 Å². The highest BCUT2D eigenvalue weighted by Gasteiger charge is 2.23. The molecule has 4 nitrogen and oxygen atoms in total. The first-order valence-corrected chi connectivity index (χ1v) is 6.57. The lowest BCUT2D eigenvalue weighted by Gasteiger charge is -2.21. The first kappa shape index (κ1) is 15.2. The van der Waals surface area contributed by atoms with Crippen molar-refractivity contribution < 1.29 is 9.59 Å². The second-order valence-electron chi connectivity index (χ2n) is 5.17. The maximum absolute atomic E-state index is 12.2. The van der Waals surface area contributed by atoms with E-state index in [2.05, 4.69) is 10.6 Å². The van der Waals surface area contributed by atoms with Crippen LogP contribution in [0, 0.1) is 5.92 Å². The van der Waals surface area contributed by atoms with E-state index in [-0.39, 0.29) is 23.8 Å². The molecule has 1 rings (SSSR count). The molecule has 0 aromatic heterocycles. The van der Waals surface area contributed by atoms with Gasteiger partial charge in [-0.1, -0.05) is 44.2 Å². The molecule has 0 fully saturated rings. The topological polar surface area (TPSA) is 58.2 Å². The van der Waals surface area contributed by atoms with Crippen LogP contribution >= 0.6 is 0 Å². The number of nitrogens with one attached hydrogen (secondary N) is 2. The summed E-state index contributed by atoms with van der Waals surface area (Å²) in [7, 11) is 0. The van der Waals surface area contributed by atoms with Gasteiger partial charge in [0.15, 0.2) is 0 Å². The Balaban J connectivity index is 2.91. The van der Waals surface area contributed by atoms with Crippen LogP contribution in [0.25, 0.3) is 0 Å². The van der Waals surface area contributed by atoms with E-state index in [1.54, 1.807) is 13.8 Å². The molecule has 19 heavy (non-hydrogen) atoms. The van der Waals surface area contributed by atoms with Crippen molar-refractivity contribution in [2.45, 2.75) is 39.8 Å². The summed E-state index contributed by atoms with van der Waals surface area (Å²) in [6.45, 7) is 7.39. The highest BCUT2D eigenvalue weighted by molar-refractivity contribution is 5.89. The summed E-state index contributed by atoms with van der Waals surface area (Å²) in [6, 6.07) is 8.66. The molecule has 0 spiro atoms. The van der Waals surface area contributed by atoms with E-state index in [1.165, 1.54) is 0 Å². The van der Waals surface area contributed by atoms with E-state index in [0.29, 0.717) is 0 Å². The number of hydrogen-bond acceptors (Lipinski definition) is 2. The molecule has 0 aliphatic heterocycles. The normalized spacial score (nSPS) is 12.3. The van der Waals surface area contributed by atoms with Crippen LogP contribution in [0.4, 0.5) is 0 Å². The third-order valence-electron chi connectivity index (χ3n) is 2.64. The number of hydrogen-bond donors (Lipinski definition) is 2. The van der Waals surface area contributed by atoms with Gasteiger partial charge in [0, 0.05) is 12.0 Å². The summed E-state index contributed by atoms with van der Waals surface area (Å²) in [5, 5.41) is 5.62. The van der Waals surface area contributed by atoms with Gasteiger partial charge >= 0.3 is 0 Å². The average molecular weight is 262 g/mol. The van der Waals surface area contributed by atoms with E-state index >= 15 is 0 Å². The predicted molar refractivity (Wildman–Crippen MR) is 75.4 cm³/mol. The van der Waals surface area contributed by atoms with E-state index in [0.717, 1.165) is 5.56 Å². The molecule has 104 valence electrons. The zero-order chi connectivity index (χ0) is 14.4. The maximum Gasteiger partial charge on any atom is 0.247 e. The van der Waals surface area contributed by atoms with Gasteiger partial charge in [0.1, 0.15) is 6.04 Å². The van der Waals surface area contributed by atoms with Crippen molar-refractivity contribution in [3.63, 3.8) is 0 Å². The molecule has 2 N–H and O–H groups in total. The first-order chi connectivity index (χ1) is 8.91. The van der Waals surface area contributed by atoms with Gasteiger partial charge in [-0.2, -0.15) is 0 Å². The largest absolute Gasteiger partial charge is 0.352 e.